The van der Waals surface area contributed by atoms with Crippen molar-refractivity contribution in [1.82, 2.24) is 5.32 Å². The van der Waals surface area contributed by atoms with Crippen molar-refractivity contribution in [2.75, 3.05) is 13.7 Å². The molecule has 0 aliphatic carbocycles. The van der Waals surface area contributed by atoms with Crippen LogP contribution in [0.4, 0.5) is 4.39 Å². The van der Waals surface area contributed by atoms with Crippen molar-refractivity contribution in [1.29, 1.82) is 0 Å². The van der Waals surface area contributed by atoms with Gasteiger partial charge in [-0.1, -0.05) is 19.1 Å². The lowest BCUT2D eigenvalue weighted by Crippen LogP contribution is -2.23. The summed E-state index contributed by atoms with van der Waals surface area (Å²) in [4.78, 5) is 0. The molecule has 0 amide bonds. The Kier molecular flexibility index (Phi) is 4.79. The minimum Gasteiger partial charge on any atom is -0.494 e. The standard InChI is InChI=1S/C16H20FNO2/c1-4-18-14(13-8-11(2)20-10-13)9-12-6-5-7-15(19-3)16(12)17/h5-8,10,14,18H,4,9H2,1-3H3. The van der Waals surface area contributed by atoms with Crippen LogP contribution >= 0.6 is 0 Å². The van der Waals surface area contributed by atoms with Gasteiger partial charge in [0.1, 0.15) is 5.76 Å². The number of furan rings is 1. The Morgan fingerprint density at radius 3 is 2.80 bits per heavy atom. The van der Waals surface area contributed by atoms with E-state index in [-0.39, 0.29) is 17.6 Å². The van der Waals surface area contributed by atoms with Crippen LogP contribution in [0.15, 0.2) is 34.9 Å². The molecule has 0 radical (unpaired) electrons. The molecule has 4 heteroatoms. The third kappa shape index (κ3) is 3.20. The van der Waals surface area contributed by atoms with Crippen LogP contribution in [0.3, 0.4) is 0 Å². The molecular weight excluding hydrogens is 257 g/mol. The fraction of sp³-hybridized carbons (Fsp3) is 0.375. The molecule has 0 aliphatic heterocycles. The average Bonchev–Trinajstić information content (AvgIpc) is 2.87. The van der Waals surface area contributed by atoms with Crippen LogP contribution in [0.5, 0.6) is 5.75 Å². The average molecular weight is 277 g/mol. The Labute approximate surface area is 118 Å². The highest BCUT2D eigenvalue weighted by molar-refractivity contribution is 5.32. The van der Waals surface area contributed by atoms with Gasteiger partial charge < -0.3 is 14.5 Å². The maximum absolute atomic E-state index is 14.2. The van der Waals surface area contributed by atoms with Crippen molar-refractivity contribution >= 4 is 0 Å². The number of methoxy groups -OCH3 is 1. The maximum atomic E-state index is 14.2. The van der Waals surface area contributed by atoms with Gasteiger partial charge in [-0.15, -0.1) is 0 Å². The largest absolute Gasteiger partial charge is 0.494 e. The van der Waals surface area contributed by atoms with Gasteiger partial charge in [-0.3, -0.25) is 0 Å². The van der Waals surface area contributed by atoms with E-state index in [0.717, 1.165) is 17.9 Å². The maximum Gasteiger partial charge on any atom is 0.168 e. The summed E-state index contributed by atoms with van der Waals surface area (Å²) >= 11 is 0. The summed E-state index contributed by atoms with van der Waals surface area (Å²) in [7, 11) is 1.48. The zero-order valence-corrected chi connectivity index (χ0v) is 12.1. The van der Waals surface area contributed by atoms with E-state index in [1.807, 2.05) is 19.9 Å². The quantitative estimate of drug-likeness (QED) is 0.875. The number of likely N-dealkylation sites (N-methyl/N-ethyl adjacent to an activating group) is 1. The number of aryl methyl sites for hydroxylation is 1. The first-order chi connectivity index (χ1) is 9.65. The van der Waals surface area contributed by atoms with Crippen molar-refractivity contribution in [3.63, 3.8) is 0 Å². The molecule has 1 aromatic carbocycles. The van der Waals surface area contributed by atoms with Crippen molar-refractivity contribution in [2.24, 2.45) is 0 Å². The molecule has 1 unspecified atom stereocenters. The number of hydrogen-bond acceptors (Lipinski definition) is 3. The lowest BCUT2D eigenvalue weighted by molar-refractivity contribution is 0.382. The highest BCUT2D eigenvalue weighted by Gasteiger charge is 2.17. The first-order valence-electron chi connectivity index (χ1n) is 6.75. The highest BCUT2D eigenvalue weighted by atomic mass is 19.1. The minimum atomic E-state index is -0.293. The normalized spacial score (nSPS) is 12.4. The van der Waals surface area contributed by atoms with E-state index in [2.05, 4.69) is 5.32 Å². The lowest BCUT2D eigenvalue weighted by Gasteiger charge is -2.17. The van der Waals surface area contributed by atoms with Gasteiger partial charge in [0.2, 0.25) is 0 Å². The van der Waals surface area contributed by atoms with Gasteiger partial charge in [0.25, 0.3) is 0 Å². The van der Waals surface area contributed by atoms with Crippen molar-refractivity contribution < 1.29 is 13.5 Å². The van der Waals surface area contributed by atoms with Crippen molar-refractivity contribution in [3.05, 3.63) is 53.2 Å². The summed E-state index contributed by atoms with van der Waals surface area (Å²) in [5.74, 6) is 0.841. The van der Waals surface area contributed by atoms with Crippen LogP contribution in [-0.2, 0) is 6.42 Å². The molecule has 2 aromatic rings. The molecule has 0 saturated heterocycles. The van der Waals surface area contributed by atoms with Gasteiger partial charge in [-0.2, -0.15) is 0 Å². The Hall–Kier alpha value is -1.81. The predicted molar refractivity (Wildman–Crippen MR) is 76.5 cm³/mol. The van der Waals surface area contributed by atoms with E-state index >= 15 is 0 Å². The molecule has 1 heterocycles. The highest BCUT2D eigenvalue weighted by Crippen LogP contribution is 2.26. The molecule has 3 nitrogen and oxygen atoms in total. The minimum absolute atomic E-state index is 0.0269. The third-order valence-corrected chi connectivity index (χ3v) is 3.29. The number of hydrogen-bond donors (Lipinski definition) is 1. The first kappa shape index (κ1) is 14.6. The number of ether oxygens (including phenoxy) is 1. The molecule has 108 valence electrons. The van der Waals surface area contributed by atoms with E-state index in [9.17, 15) is 4.39 Å². The summed E-state index contributed by atoms with van der Waals surface area (Å²) in [6.07, 6.45) is 2.27. The molecule has 1 aromatic heterocycles. The SMILES string of the molecule is CCNC(Cc1cccc(OC)c1F)c1coc(C)c1. The Morgan fingerprint density at radius 2 is 2.20 bits per heavy atom. The molecule has 0 bridgehead atoms. The topological polar surface area (TPSA) is 34.4 Å². The molecule has 20 heavy (non-hydrogen) atoms. The molecule has 0 aliphatic rings. The smallest absolute Gasteiger partial charge is 0.168 e. The van der Waals surface area contributed by atoms with Gasteiger partial charge >= 0.3 is 0 Å². The number of rotatable bonds is 6. The molecule has 2 rings (SSSR count). The third-order valence-electron chi connectivity index (χ3n) is 3.29. The van der Waals surface area contributed by atoms with E-state index in [1.165, 1.54) is 7.11 Å². The second-order valence-corrected chi connectivity index (χ2v) is 4.74. The van der Waals surface area contributed by atoms with Crippen LogP contribution in [0, 0.1) is 12.7 Å². The Morgan fingerprint density at radius 1 is 1.40 bits per heavy atom. The number of nitrogens with one attached hydrogen (secondary N) is 1. The molecule has 0 saturated carbocycles. The van der Waals surface area contributed by atoms with Gasteiger partial charge in [0.15, 0.2) is 11.6 Å². The summed E-state index contributed by atoms with van der Waals surface area (Å²) in [5.41, 5.74) is 1.67. The zero-order valence-electron chi connectivity index (χ0n) is 12.1. The summed E-state index contributed by atoms with van der Waals surface area (Å²) < 4.78 is 24.6. The van der Waals surface area contributed by atoms with E-state index in [4.69, 9.17) is 9.15 Å². The Bertz CT molecular complexity index is 565. The molecule has 0 fully saturated rings. The van der Waals surface area contributed by atoms with Gasteiger partial charge in [-0.25, -0.2) is 4.39 Å². The van der Waals surface area contributed by atoms with Crippen LogP contribution in [-0.4, -0.2) is 13.7 Å². The van der Waals surface area contributed by atoms with E-state index in [0.29, 0.717) is 12.0 Å². The van der Waals surface area contributed by atoms with Gasteiger partial charge in [0, 0.05) is 11.6 Å². The first-order valence-corrected chi connectivity index (χ1v) is 6.75. The van der Waals surface area contributed by atoms with Gasteiger partial charge in [-0.05, 0) is 37.6 Å². The van der Waals surface area contributed by atoms with Crippen LogP contribution < -0.4 is 10.1 Å². The second kappa shape index (κ2) is 6.57. The summed E-state index contributed by atoms with van der Waals surface area (Å²) in [5, 5.41) is 3.36. The summed E-state index contributed by atoms with van der Waals surface area (Å²) in [6.45, 7) is 4.74. The van der Waals surface area contributed by atoms with Crippen LogP contribution in [0.1, 0.15) is 29.9 Å². The predicted octanol–water partition coefficient (Wildman–Crippen LogP) is 3.63. The van der Waals surface area contributed by atoms with E-state index in [1.54, 1.807) is 24.5 Å². The molecule has 1 atom stereocenters. The summed E-state index contributed by atoms with van der Waals surface area (Å²) in [6, 6.07) is 7.23. The molecular formula is C16H20FNO2. The second-order valence-electron chi connectivity index (χ2n) is 4.74. The van der Waals surface area contributed by atoms with Crippen molar-refractivity contribution in [3.8, 4) is 5.75 Å². The van der Waals surface area contributed by atoms with E-state index < -0.39 is 0 Å². The molecule has 1 N–H and O–H groups in total. The Balaban J connectivity index is 2.24. The number of halogens is 1. The number of benzene rings is 1. The monoisotopic (exact) mass is 277 g/mol. The van der Waals surface area contributed by atoms with Crippen LogP contribution in [0.2, 0.25) is 0 Å². The lowest BCUT2D eigenvalue weighted by atomic mass is 10.00. The van der Waals surface area contributed by atoms with Gasteiger partial charge in [0.05, 0.1) is 13.4 Å². The zero-order chi connectivity index (χ0) is 14.5. The fourth-order valence-corrected chi connectivity index (χ4v) is 2.29. The van der Waals surface area contributed by atoms with Crippen molar-refractivity contribution in [2.45, 2.75) is 26.3 Å². The molecule has 0 spiro atoms. The fourth-order valence-electron chi connectivity index (χ4n) is 2.29. The van der Waals surface area contributed by atoms with Crippen LogP contribution in [0.25, 0.3) is 0 Å².